The summed E-state index contributed by atoms with van der Waals surface area (Å²) in [5.41, 5.74) is 1.70. The molecule has 0 spiro atoms. The van der Waals surface area contributed by atoms with Gasteiger partial charge in [0.15, 0.2) is 6.23 Å². The first-order valence-corrected chi connectivity index (χ1v) is 13.0. The lowest BCUT2D eigenvalue weighted by Gasteiger charge is -2.40. The van der Waals surface area contributed by atoms with Crippen LogP contribution in [0, 0.1) is 0 Å². The number of aliphatic hydroxyl groups excluding tert-OH is 2. The molecule has 1 saturated heterocycles. The Hall–Kier alpha value is -1.75. The van der Waals surface area contributed by atoms with Crippen molar-refractivity contribution in [2.45, 2.75) is 76.3 Å². The molecule has 0 amide bonds. The van der Waals surface area contributed by atoms with Crippen LogP contribution in [0.5, 0.6) is 0 Å². The van der Waals surface area contributed by atoms with Crippen molar-refractivity contribution in [3.8, 4) is 0 Å². The van der Waals surface area contributed by atoms with Gasteiger partial charge in [0.25, 0.3) is 0 Å². The van der Waals surface area contributed by atoms with E-state index < -0.39 is 16.3 Å². The van der Waals surface area contributed by atoms with Crippen molar-refractivity contribution in [3.63, 3.8) is 0 Å². The maximum absolute atomic E-state index is 11.7. The summed E-state index contributed by atoms with van der Waals surface area (Å²) in [6, 6.07) is 0.102. The lowest BCUT2D eigenvalue weighted by atomic mass is 9.99. The fraction of sp³-hybridized carbons (Fsp3) is 0.714. The Morgan fingerprint density at radius 2 is 1.84 bits per heavy atom. The first-order valence-electron chi connectivity index (χ1n) is 11.1. The topological polar surface area (TPSA) is 119 Å². The Morgan fingerprint density at radius 1 is 1.13 bits per heavy atom. The van der Waals surface area contributed by atoms with Crippen molar-refractivity contribution in [2.75, 3.05) is 29.6 Å². The zero-order valence-electron chi connectivity index (χ0n) is 18.2. The van der Waals surface area contributed by atoms with Gasteiger partial charge >= 0.3 is 0 Å². The summed E-state index contributed by atoms with van der Waals surface area (Å²) in [7, 11) is -3.16. The average molecular weight is 452 g/mol. The van der Waals surface area contributed by atoms with E-state index in [1.54, 1.807) is 6.20 Å². The monoisotopic (exact) mass is 451 g/mol. The van der Waals surface area contributed by atoms with Crippen LogP contribution in [-0.2, 0) is 10.0 Å². The average Bonchev–Trinajstić information content (AvgIpc) is 2.93. The molecule has 2 aliphatic heterocycles. The second-order valence-corrected chi connectivity index (χ2v) is 11.0. The molecule has 3 unspecified atom stereocenters. The Labute approximate surface area is 184 Å². The van der Waals surface area contributed by atoms with Crippen LogP contribution in [-0.4, -0.2) is 76.7 Å². The molecule has 1 aromatic heterocycles. The minimum absolute atomic E-state index is 0.00986. The van der Waals surface area contributed by atoms with Gasteiger partial charge in [-0.1, -0.05) is 12.8 Å². The molecule has 172 valence electrons. The molecule has 3 aliphatic rings. The van der Waals surface area contributed by atoms with Gasteiger partial charge in [0, 0.05) is 36.9 Å². The Balaban J connectivity index is 1.54. The largest absolute Gasteiger partial charge is 0.393 e. The van der Waals surface area contributed by atoms with E-state index in [9.17, 15) is 18.6 Å². The van der Waals surface area contributed by atoms with Gasteiger partial charge in [-0.05, 0) is 50.7 Å². The number of fused-ring (bicyclic) bond motifs is 1. The lowest BCUT2D eigenvalue weighted by Crippen LogP contribution is -2.47. The molecule has 0 radical (unpaired) electrons. The van der Waals surface area contributed by atoms with E-state index in [0.29, 0.717) is 44.1 Å². The SMILES string of the molecule is CC1=Cc2cnc(NC3CCN(S(C)(=O)=O)CC3)nc2N(C2CCCCC(O)C2)C1O. The first kappa shape index (κ1) is 22.4. The number of piperidine rings is 1. The Bertz CT molecular complexity index is 930. The highest BCUT2D eigenvalue weighted by Gasteiger charge is 2.34. The number of aliphatic hydroxyl groups is 2. The summed E-state index contributed by atoms with van der Waals surface area (Å²) in [4.78, 5) is 11.2. The van der Waals surface area contributed by atoms with Gasteiger partial charge in [-0.15, -0.1) is 0 Å². The molecule has 1 saturated carbocycles. The third-order valence-electron chi connectivity index (χ3n) is 6.61. The highest BCUT2D eigenvalue weighted by atomic mass is 32.2. The molecule has 9 nitrogen and oxygen atoms in total. The fourth-order valence-corrected chi connectivity index (χ4v) is 5.74. The zero-order chi connectivity index (χ0) is 22.2. The van der Waals surface area contributed by atoms with Crippen LogP contribution < -0.4 is 10.2 Å². The maximum Gasteiger partial charge on any atom is 0.224 e. The normalized spacial score (nSPS) is 28.6. The molecule has 10 heteroatoms. The zero-order valence-corrected chi connectivity index (χ0v) is 19.1. The van der Waals surface area contributed by atoms with Crippen LogP contribution in [0.25, 0.3) is 6.08 Å². The molecule has 31 heavy (non-hydrogen) atoms. The smallest absolute Gasteiger partial charge is 0.224 e. The maximum atomic E-state index is 11.7. The van der Waals surface area contributed by atoms with Gasteiger partial charge in [0.05, 0.1) is 12.4 Å². The summed E-state index contributed by atoms with van der Waals surface area (Å²) in [6.45, 7) is 2.86. The minimum Gasteiger partial charge on any atom is -0.393 e. The Morgan fingerprint density at radius 3 is 2.55 bits per heavy atom. The van der Waals surface area contributed by atoms with E-state index in [2.05, 4.69) is 10.3 Å². The second kappa shape index (κ2) is 9.01. The Kier molecular flexibility index (Phi) is 6.52. The summed E-state index contributed by atoms with van der Waals surface area (Å²) < 4.78 is 25.0. The lowest BCUT2D eigenvalue weighted by molar-refractivity contribution is 0.136. The van der Waals surface area contributed by atoms with Crippen molar-refractivity contribution < 1.29 is 18.6 Å². The highest BCUT2D eigenvalue weighted by Crippen LogP contribution is 2.36. The van der Waals surface area contributed by atoms with Gasteiger partial charge < -0.3 is 20.4 Å². The number of aromatic nitrogens is 2. The van der Waals surface area contributed by atoms with Crippen LogP contribution in [0.4, 0.5) is 11.8 Å². The van der Waals surface area contributed by atoms with Crippen LogP contribution in [0.1, 0.15) is 57.4 Å². The van der Waals surface area contributed by atoms with Gasteiger partial charge in [0.2, 0.25) is 16.0 Å². The summed E-state index contributed by atoms with van der Waals surface area (Å²) in [5, 5.41) is 24.6. The fourth-order valence-electron chi connectivity index (χ4n) is 4.86. The van der Waals surface area contributed by atoms with E-state index in [4.69, 9.17) is 4.98 Å². The molecular weight excluding hydrogens is 418 g/mol. The van der Waals surface area contributed by atoms with Crippen molar-refractivity contribution in [3.05, 3.63) is 17.3 Å². The first-order chi connectivity index (χ1) is 14.7. The van der Waals surface area contributed by atoms with E-state index in [1.807, 2.05) is 17.9 Å². The summed E-state index contributed by atoms with van der Waals surface area (Å²) in [5.74, 6) is 1.17. The molecule has 2 fully saturated rings. The van der Waals surface area contributed by atoms with E-state index in [0.717, 1.165) is 36.8 Å². The summed E-state index contributed by atoms with van der Waals surface area (Å²) >= 11 is 0. The molecular formula is C21H33N5O4S. The van der Waals surface area contributed by atoms with Crippen molar-refractivity contribution in [2.24, 2.45) is 0 Å². The molecule has 3 atom stereocenters. The van der Waals surface area contributed by atoms with Gasteiger partial charge in [-0.2, -0.15) is 4.98 Å². The van der Waals surface area contributed by atoms with Gasteiger partial charge in [-0.3, -0.25) is 0 Å². The quantitative estimate of drug-likeness (QED) is 0.590. The predicted molar refractivity (Wildman–Crippen MR) is 120 cm³/mol. The standard InChI is InChI=1S/C21H33N5O4S/c1-14-11-15-13-22-21(23-16-7-9-25(10-8-16)31(2,29)30)24-19(15)26(20(14)28)17-5-3-4-6-18(27)12-17/h11,13,16-18,20,27-28H,3-10,12H2,1-2H3,(H,22,23,24). The number of hydrogen-bond acceptors (Lipinski definition) is 8. The predicted octanol–water partition coefficient (Wildman–Crippen LogP) is 1.55. The third kappa shape index (κ3) is 5.02. The summed E-state index contributed by atoms with van der Waals surface area (Å²) in [6.07, 6.45) is 9.48. The van der Waals surface area contributed by atoms with Crippen LogP contribution >= 0.6 is 0 Å². The second-order valence-electron chi connectivity index (χ2n) is 9.05. The van der Waals surface area contributed by atoms with Crippen LogP contribution in [0.15, 0.2) is 11.8 Å². The van der Waals surface area contributed by atoms with Crippen molar-refractivity contribution in [1.29, 1.82) is 0 Å². The van der Waals surface area contributed by atoms with Gasteiger partial charge in [-0.25, -0.2) is 17.7 Å². The van der Waals surface area contributed by atoms with Crippen molar-refractivity contribution in [1.82, 2.24) is 14.3 Å². The number of rotatable bonds is 4. The van der Waals surface area contributed by atoms with E-state index in [-0.39, 0.29) is 18.2 Å². The van der Waals surface area contributed by atoms with Gasteiger partial charge in [0.1, 0.15) is 5.82 Å². The molecule has 0 aromatic carbocycles. The number of sulfonamides is 1. The highest BCUT2D eigenvalue weighted by molar-refractivity contribution is 7.88. The molecule has 1 aliphatic carbocycles. The van der Waals surface area contributed by atoms with E-state index in [1.165, 1.54) is 10.6 Å². The van der Waals surface area contributed by atoms with Crippen molar-refractivity contribution >= 4 is 27.9 Å². The number of nitrogens with zero attached hydrogens (tertiary/aromatic N) is 4. The van der Waals surface area contributed by atoms with Crippen LogP contribution in [0.2, 0.25) is 0 Å². The number of hydrogen-bond donors (Lipinski definition) is 3. The number of nitrogens with one attached hydrogen (secondary N) is 1. The molecule has 0 bridgehead atoms. The molecule has 3 heterocycles. The number of anilines is 2. The third-order valence-corrected chi connectivity index (χ3v) is 7.92. The van der Waals surface area contributed by atoms with Crippen LogP contribution in [0.3, 0.4) is 0 Å². The minimum atomic E-state index is -3.16. The molecule has 4 rings (SSSR count). The van der Waals surface area contributed by atoms with E-state index >= 15 is 0 Å². The molecule has 1 aromatic rings. The molecule has 3 N–H and O–H groups in total.